The van der Waals surface area contributed by atoms with Gasteiger partial charge in [0.1, 0.15) is 0 Å². The summed E-state index contributed by atoms with van der Waals surface area (Å²) in [6, 6.07) is 13.6. The summed E-state index contributed by atoms with van der Waals surface area (Å²) >= 11 is 1.44. The molecule has 0 saturated carbocycles. The van der Waals surface area contributed by atoms with Crippen molar-refractivity contribution in [2.24, 2.45) is 0 Å². The summed E-state index contributed by atoms with van der Waals surface area (Å²) in [5.41, 5.74) is 5.30. The Morgan fingerprint density at radius 2 is 1.52 bits per heavy atom. The minimum absolute atomic E-state index is 0.231. The van der Waals surface area contributed by atoms with Crippen molar-refractivity contribution >= 4 is 40.5 Å². The van der Waals surface area contributed by atoms with Gasteiger partial charge in [-0.15, -0.1) is 11.8 Å². The van der Waals surface area contributed by atoms with Crippen molar-refractivity contribution in [3.8, 4) is 0 Å². The van der Waals surface area contributed by atoms with Crippen molar-refractivity contribution in [1.82, 2.24) is 0 Å². The second-order valence-electron chi connectivity index (χ2n) is 7.07. The van der Waals surface area contributed by atoms with Gasteiger partial charge in [0.25, 0.3) is 11.8 Å². The molecule has 2 aromatic rings. The number of hydrogen-bond acceptors (Lipinski definition) is 4. The number of hydrogen-bond donors (Lipinski definition) is 0. The third-order valence-corrected chi connectivity index (χ3v) is 6.32. The number of anilines is 2. The average Bonchev–Trinajstić information content (AvgIpc) is 2.96. The topological polar surface area (TPSA) is 40.6 Å². The van der Waals surface area contributed by atoms with E-state index < -0.39 is 0 Å². The number of aryl methyl sites for hydroxylation is 2. The third-order valence-electron chi connectivity index (χ3n) is 5.36. The lowest BCUT2D eigenvalue weighted by Gasteiger charge is -2.22. The minimum atomic E-state index is -0.246. The van der Waals surface area contributed by atoms with E-state index >= 15 is 0 Å². The highest BCUT2D eigenvalue weighted by molar-refractivity contribution is 8.04. The quantitative estimate of drug-likeness (QED) is 0.592. The van der Waals surface area contributed by atoms with Gasteiger partial charge in [-0.05, 0) is 74.4 Å². The molecule has 0 atom stereocenters. The Morgan fingerprint density at radius 3 is 2.07 bits per heavy atom. The lowest BCUT2D eigenvalue weighted by atomic mass is 10.0. The molecule has 0 spiro atoms. The van der Waals surface area contributed by atoms with Gasteiger partial charge in [-0.1, -0.05) is 25.1 Å². The molecule has 1 heterocycles. The predicted molar refractivity (Wildman–Crippen MR) is 123 cm³/mol. The molecule has 1 aliphatic rings. The fourth-order valence-electron chi connectivity index (χ4n) is 3.58. The number of nitrogens with zero attached hydrogens (tertiary/aromatic N) is 2. The SMILES string of the molecule is CCSC1=C(c2ccc(C)c(C)c2)C(=O)N(c2ccc(N(CC)CC)cc2)C1=O. The molecule has 152 valence electrons. The van der Waals surface area contributed by atoms with Crippen molar-refractivity contribution in [3.05, 3.63) is 64.1 Å². The third kappa shape index (κ3) is 3.97. The summed E-state index contributed by atoms with van der Waals surface area (Å²) in [5, 5.41) is 0. The van der Waals surface area contributed by atoms with Gasteiger partial charge in [0, 0.05) is 18.8 Å². The van der Waals surface area contributed by atoms with Crippen LogP contribution in [-0.4, -0.2) is 30.7 Å². The maximum Gasteiger partial charge on any atom is 0.272 e. The number of thioether (sulfide) groups is 1. The molecule has 0 bridgehead atoms. The number of carbonyl (C=O) groups excluding carboxylic acids is 2. The van der Waals surface area contributed by atoms with Crippen LogP contribution in [0.3, 0.4) is 0 Å². The molecule has 0 unspecified atom stereocenters. The smallest absolute Gasteiger partial charge is 0.272 e. The first-order valence-electron chi connectivity index (χ1n) is 10.1. The molecule has 29 heavy (non-hydrogen) atoms. The van der Waals surface area contributed by atoms with Crippen LogP contribution in [0, 0.1) is 13.8 Å². The van der Waals surface area contributed by atoms with Crippen molar-refractivity contribution in [3.63, 3.8) is 0 Å². The van der Waals surface area contributed by atoms with Crippen LogP contribution in [0.2, 0.25) is 0 Å². The molecule has 0 aromatic heterocycles. The first-order chi connectivity index (χ1) is 13.9. The molecule has 1 aliphatic heterocycles. The van der Waals surface area contributed by atoms with Gasteiger partial charge < -0.3 is 4.90 Å². The maximum atomic E-state index is 13.4. The Hall–Kier alpha value is -2.53. The van der Waals surface area contributed by atoms with Crippen LogP contribution in [-0.2, 0) is 9.59 Å². The standard InChI is InChI=1S/C24H28N2O2S/c1-6-25(7-2)19-11-13-20(14-12-19)26-23(27)21(22(24(26)28)29-8-3)18-10-9-16(4)17(5)15-18/h9-15H,6-8H2,1-5H3. The Labute approximate surface area is 177 Å². The Morgan fingerprint density at radius 1 is 0.862 bits per heavy atom. The Balaban J connectivity index is 2.00. The molecule has 4 nitrogen and oxygen atoms in total. The first-order valence-corrected chi connectivity index (χ1v) is 11.1. The van der Waals surface area contributed by atoms with Gasteiger partial charge in [-0.25, -0.2) is 4.90 Å². The van der Waals surface area contributed by atoms with Gasteiger partial charge in [0.2, 0.25) is 0 Å². The van der Waals surface area contributed by atoms with E-state index in [1.807, 2.05) is 63.2 Å². The van der Waals surface area contributed by atoms with Gasteiger partial charge in [0.15, 0.2) is 0 Å². The second kappa shape index (κ2) is 8.87. The van der Waals surface area contributed by atoms with Crippen molar-refractivity contribution in [2.45, 2.75) is 34.6 Å². The van der Waals surface area contributed by atoms with E-state index in [1.165, 1.54) is 22.2 Å². The second-order valence-corrected chi connectivity index (χ2v) is 8.34. The van der Waals surface area contributed by atoms with E-state index in [0.29, 0.717) is 16.2 Å². The van der Waals surface area contributed by atoms with Crippen LogP contribution in [0.4, 0.5) is 11.4 Å². The van der Waals surface area contributed by atoms with Crippen LogP contribution < -0.4 is 9.80 Å². The van der Waals surface area contributed by atoms with Crippen LogP contribution in [0.25, 0.3) is 5.57 Å². The molecular weight excluding hydrogens is 380 g/mol. The van der Waals surface area contributed by atoms with E-state index in [4.69, 9.17) is 0 Å². The normalized spacial score (nSPS) is 14.2. The summed E-state index contributed by atoms with van der Waals surface area (Å²) in [6.07, 6.45) is 0. The van der Waals surface area contributed by atoms with E-state index in [1.54, 1.807) is 0 Å². The molecule has 3 rings (SSSR count). The highest BCUT2D eigenvalue weighted by Gasteiger charge is 2.40. The summed E-state index contributed by atoms with van der Waals surface area (Å²) < 4.78 is 0. The summed E-state index contributed by atoms with van der Waals surface area (Å²) in [6.45, 7) is 12.1. The molecule has 0 N–H and O–H groups in total. The molecular formula is C24H28N2O2S. The molecule has 2 aromatic carbocycles. The number of rotatable bonds is 7. The molecule has 0 saturated heterocycles. The van der Waals surface area contributed by atoms with Crippen molar-refractivity contribution in [2.75, 3.05) is 28.6 Å². The molecule has 0 radical (unpaired) electrons. The van der Waals surface area contributed by atoms with Crippen molar-refractivity contribution in [1.29, 1.82) is 0 Å². The first kappa shape index (κ1) is 21.2. The summed E-state index contributed by atoms with van der Waals surface area (Å²) in [4.78, 5) is 30.6. The number of imide groups is 1. The zero-order valence-corrected chi connectivity index (χ0v) is 18.6. The molecule has 0 aliphatic carbocycles. The van der Waals surface area contributed by atoms with Crippen molar-refractivity contribution < 1.29 is 9.59 Å². The summed E-state index contributed by atoms with van der Waals surface area (Å²) in [5.74, 6) is 0.257. The fraction of sp³-hybridized carbons (Fsp3) is 0.333. The largest absolute Gasteiger partial charge is 0.372 e. The molecule has 2 amide bonds. The number of carbonyl (C=O) groups is 2. The zero-order valence-electron chi connectivity index (χ0n) is 17.8. The van der Waals surface area contributed by atoms with E-state index in [-0.39, 0.29) is 11.8 Å². The average molecular weight is 409 g/mol. The molecule has 5 heteroatoms. The molecule has 0 fully saturated rings. The van der Waals surface area contributed by atoms with Crippen LogP contribution in [0.15, 0.2) is 47.4 Å². The van der Waals surface area contributed by atoms with Crippen LogP contribution in [0.5, 0.6) is 0 Å². The maximum absolute atomic E-state index is 13.4. The van der Waals surface area contributed by atoms with E-state index in [9.17, 15) is 9.59 Å². The van der Waals surface area contributed by atoms with Gasteiger partial charge in [-0.2, -0.15) is 0 Å². The lowest BCUT2D eigenvalue weighted by molar-refractivity contribution is -0.119. The number of benzene rings is 2. The highest BCUT2D eigenvalue weighted by Crippen LogP contribution is 2.39. The van der Waals surface area contributed by atoms with E-state index in [0.717, 1.165) is 35.7 Å². The van der Waals surface area contributed by atoms with Crippen LogP contribution in [0.1, 0.15) is 37.5 Å². The van der Waals surface area contributed by atoms with Gasteiger partial charge in [0.05, 0.1) is 16.2 Å². The highest BCUT2D eigenvalue weighted by atomic mass is 32.2. The number of amides is 2. The minimum Gasteiger partial charge on any atom is -0.372 e. The summed E-state index contributed by atoms with van der Waals surface area (Å²) in [7, 11) is 0. The predicted octanol–water partition coefficient (Wildman–Crippen LogP) is 5.19. The lowest BCUT2D eigenvalue weighted by Crippen LogP contribution is -2.31. The van der Waals surface area contributed by atoms with Crippen LogP contribution >= 0.6 is 11.8 Å². The van der Waals surface area contributed by atoms with Gasteiger partial charge >= 0.3 is 0 Å². The fourth-order valence-corrected chi connectivity index (χ4v) is 4.43. The monoisotopic (exact) mass is 408 g/mol. The van der Waals surface area contributed by atoms with Gasteiger partial charge in [-0.3, -0.25) is 9.59 Å². The zero-order chi connectivity index (χ0) is 21.1. The Bertz CT molecular complexity index is 959. The van der Waals surface area contributed by atoms with E-state index in [2.05, 4.69) is 18.7 Å². The Kier molecular flexibility index (Phi) is 6.48.